The molecule has 0 heterocycles. The summed E-state index contributed by atoms with van der Waals surface area (Å²) < 4.78 is 37.8. The molecule has 21 heavy (non-hydrogen) atoms. The number of halogens is 3. The first-order chi connectivity index (χ1) is 9.82. The predicted octanol–water partition coefficient (Wildman–Crippen LogP) is 6.05. The van der Waals surface area contributed by atoms with E-state index in [1.165, 1.54) is 19.9 Å². The van der Waals surface area contributed by atoms with Crippen molar-refractivity contribution in [2.75, 3.05) is 0 Å². The topological polar surface area (TPSA) is 0 Å². The second-order valence-electron chi connectivity index (χ2n) is 4.58. The lowest BCUT2D eigenvalue weighted by atomic mass is 10.1. The average molecular weight is 296 g/mol. The van der Waals surface area contributed by atoms with Crippen LogP contribution in [-0.2, 0) is 0 Å². The summed E-state index contributed by atoms with van der Waals surface area (Å²) in [7, 11) is 0. The van der Waals surface area contributed by atoms with E-state index >= 15 is 0 Å². The van der Waals surface area contributed by atoms with Crippen molar-refractivity contribution in [2.24, 2.45) is 0 Å². The average Bonchev–Trinajstić information content (AvgIpc) is 2.48. The SMILES string of the molecule is CC.Cc1ccc(C)c(F)c1.Cc1ccc(C)c(F)c1F. The summed E-state index contributed by atoms with van der Waals surface area (Å²) in [4.78, 5) is 0. The number of hydrogen-bond donors (Lipinski definition) is 0. The number of benzene rings is 2. The first-order valence-corrected chi connectivity index (χ1v) is 6.97. The van der Waals surface area contributed by atoms with Crippen molar-refractivity contribution >= 4 is 0 Å². The summed E-state index contributed by atoms with van der Waals surface area (Å²) in [5.41, 5.74) is 2.38. The lowest BCUT2D eigenvalue weighted by molar-refractivity contribution is 0.497. The third kappa shape index (κ3) is 6.03. The molecule has 0 aromatic heterocycles. The standard InChI is InChI=1S/C8H8F2.C8H9F.C2H6/c1-5-3-4-6(2)8(10)7(5)9;1-6-3-4-7(2)8(9)5-6;1-2/h3-4H,1-2H3;3-5H,1-2H3;1-2H3. The molecule has 0 saturated heterocycles. The summed E-state index contributed by atoms with van der Waals surface area (Å²) in [6, 6.07) is 8.35. The molecular formula is C18H23F3. The Labute approximate surface area is 125 Å². The summed E-state index contributed by atoms with van der Waals surface area (Å²) >= 11 is 0. The first-order valence-electron chi connectivity index (χ1n) is 6.97. The monoisotopic (exact) mass is 296 g/mol. The molecule has 2 rings (SSSR count). The Kier molecular flexibility index (Phi) is 8.44. The molecule has 3 heteroatoms. The minimum Gasteiger partial charge on any atom is -0.207 e. The number of rotatable bonds is 0. The van der Waals surface area contributed by atoms with E-state index in [9.17, 15) is 13.2 Å². The van der Waals surface area contributed by atoms with E-state index in [0.717, 1.165) is 5.56 Å². The van der Waals surface area contributed by atoms with Gasteiger partial charge in [0.05, 0.1) is 0 Å². The van der Waals surface area contributed by atoms with Crippen molar-refractivity contribution < 1.29 is 13.2 Å². The first kappa shape index (κ1) is 19.2. The van der Waals surface area contributed by atoms with Crippen molar-refractivity contribution in [2.45, 2.75) is 41.5 Å². The van der Waals surface area contributed by atoms with Gasteiger partial charge in [0.15, 0.2) is 11.6 Å². The molecule has 2 aromatic carbocycles. The Morgan fingerprint density at radius 3 is 1.33 bits per heavy atom. The molecule has 0 aliphatic carbocycles. The quantitative estimate of drug-likeness (QED) is 0.555. The van der Waals surface area contributed by atoms with Crippen LogP contribution in [0, 0.1) is 45.1 Å². The van der Waals surface area contributed by atoms with Gasteiger partial charge in [-0.1, -0.05) is 38.1 Å². The molecule has 116 valence electrons. The van der Waals surface area contributed by atoms with Crippen molar-refractivity contribution in [3.63, 3.8) is 0 Å². The zero-order chi connectivity index (χ0) is 16.6. The Hall–Kier alpha value is -1.77. The molecule has 0 N–H and O–H groups in total. The van der Waals surface area contributed by atoms with Gasteiger partial charge in [0.1, 0.15) is 5.82 Å². The van der Waals surface area contributed by atoms with Gasteiger partial charge in [-0.05, 0) is 56.0 Å². The van der Waals surface area contributed by atoms with Crippen molar-refractivity contribution in [3.8, 4) is 0 Å². The smallest absolute Gasteiger partial charge is 0.161 e. The predicted molar refractivity (Wildman–Crippen MR) is 83.1 cm³/mol. The van der Waals surface area contributed by atoms with Gasteiger partial charge < -0.3 is 0 Å². The maximum Gasteiger partial charge on any atom is 0.161 e. The van der Waals surface area contributed by atoms with Crippen molar-refractivity contribution in [3.05, 3.63) is 70.0 Å². The van der Waals surface area contributed by atoms with Crippen LogP contribution in [0.15, 0.2) is 30.3 Å². The highest BCUT2D eigenvalue weighted by molar-refractivity contribution is 5.24. The highest BCUT2D eigenvalue weighted by Gasteiger charge is 2.05. The summed E-state index contributed by atoms with van der Waals surface area (Å²) in [5, 5.41) is 0. The molecule has 2 aromatic rings. The van der Waals surface area contributed by atoms with Gasteiger partial charge >= 0.3 is 0 Å². The van der Waals surface area contributed by atoms with Crippen LogP contribution in [0.4, 0.5) is 13.2 Å². The lowest BCUT2D eigenvalue weighted by Gasteiger charge is -1.99. The maximum atomic E-state index is 12.6. The zero-order valence-electron chi connectivity index (χ0n) is 13.5. The fourth-order valence-electron chi connectivity index (χ4n) is 1.44. The third-order valence-corrected chi connectivity index (χ3v) is 2.80. The van der Waals surface area contributed by atoms with Crippen molar-refractivity contribution in [1.29, 1.82) is 0 Å². The second-order valence-corrected chi connectivity index (χ2v) is 4.58. The molecule has 0 nitrogen and oxygen atoms in total. The molecule has 0 bridgehead atoms. The van der Waals surface area contributed by atoms with Gasteiger partial charge in [-0.15, -0.1) is 0 Å². The van der Waals surface area contributed by atoms with Gasteiger partial charge in [-0.25, -0.2) is 13.2 Å². The largest absolute Gasteiger partial charge is 0.207 e. The van der Waals surface area contributed by atoms with E-state index in [-0.39, 0.29) is 5.82 Å². The lowest BCUT2D eigenvalue weighted by Crippen LogP contribution is -1.91. The van der Waals surface area contributed by atoms with E-state index < -0.39 is 11.6 Å². The summed E-state index contributed by atoms with van der Waals surface area (Å²) in [5.74, 6) is -1.59. The van der Waals surface area contributed by atoms with Crippen LogP contribution < -0.4 is 0 Å². The molecule has 0 atom stereocenters. The normalized spacial score (nSPS) is 9.19. The van der Waals surface area contributed by atoms with Crippen LogP contribution in [0.1, 0.15) is 36.1 Å². The highest BCUT2D eigenvalue weighted by atomic mass is 19.2. The van der Waals surface area contributed by atoms with Crippen LogP contribution in [0.25, 0.3) is 0 Å². The molecule has 0 amide bonds. The molecule has 0 saturated carbocycles. The molecule has 0 unspecified atom stereocenters. The molecule has 0 aliphatic rings. The maximum absolute atomic E-state index is 12.6. The van der Waals surface area contributed by atoms with Gasteiger partial charge in [-0.3, -0.25) is 0 Å². The van der Waals surface area contributed by atoms with Gasteiger partial charge in [0.2, 0.25) is 0 Å². The Morgan fingerprint density at radius 2 is 1.00 bits per heavy atom. The van der Waals surface area contributed by atoms with E-state index in [4.69, 9.17) is 0 Å². The molecule has 0 radical (unpaired) electrons. The Balaban J connectivity index is 0.000000342. The fraction of sp³-hybridized carbons (Fsp3) is 0.333. The van der Waals surface area contributed by atoms with Gasteiger partial charge in [-0.2, -0.15) is 0 Å². The Bertz CT molecular complexity index is 548. The van der Waals surface area contributed by atoms with Crippen LogP contribution >= 0.6 is 0 Å². The van der Waals surface area contributed by atoms with Crippen LogP contribution in [-0.4, -0.2) is 0 Å². The summed E-state index contributed by atoms with van der Waals surface area (Å²) in [6.45, 7) is 10.7. The fourth-order valence-corrected chi connectivity index (χ4v) is 1.44. The molecule has 0 spiro atoms. The van der Waals surface area contributed by atoms with E-state index in [1.807, 2.05) is 26.8 Å². The molecule has 0 fully saturated rings. The second kappa shape index (κ2) is 9.22. The third-order valence-electron chi connectivity index (χ3n) is 2.80. The van der Waals surface area contributed by atoms with Crippen LogP contribution in [0.2, 0.25) is 0 Å². The van der Waals surface area contributed by atoms with E-state index in [2.05, 4.69) is 0 Å². The van der Waals surface area contributed by atoms with E-state index in [1.54, 1.807) is 25.1 Å². The van der Waals surface area contributed by atoms with Gasteiger partial charge in [0.25, 0.3) is 0 Å². The van der Waals surface area contributed by atoms with Crippen LogP contribution in [0.5, 0.6) is 0 Å². The minimum atomic E-state index is -0.736. The Morgan fingerprint density at radius 1 is 0.619 bits per heavy atom. The van der Waals surface area contributed by atoms with Gasteiger partial charge in [0, 0.05) is 0 Å². The van der Waals surface area contributed by atoms with E-state index in [0.29, 0.717) is 16.7 Å². The molecular weight excluding hydrogens is 273 g/mol. The zero-order valence-corrected chi connectivity index (χ0v) is 13.5. The summed E-state index contributed by atoms with van der Waals surface area (Å²) in [6.07, 6.45) is 0. The molecule has 0 aliphatic heterocycles. The minimum absolute atomic E-state index is 0.116. The highest BCUT2D eigenvalue weighted by Crippen LogP contribution is 2.13. The van der Waals surface area contributed by atoms with Crippen molar-refractivity contribution in [1.82, 2.24) is 0 Å². The van der Waals surface area contributed by atoms with Crippen LogP contribution in [0.3, 0.4) is 0 Å². The number of aryl methyl sites for hydroxylation is 4. The number of hydrogen-bond acceptors (Lipinski definition) is 0.